The van der Waals surface area contributed by atoms with Gasteiger partial charge in [-0.1, -0.05) is 0 Å². The van der Waals surface area contributed by atoms with Crippen molar-refractivity contribution >= 4 is 17.3 Å². The van der Waals surface area contributed by atoms with Gasteiger partial charge in [-0.15, -0.1) is 0 Å². The Balaban J connectivity index is 2.21. The van der Waals surface area contributed by atoms with Crippen LogP contribution in [0.25, 0.3) is 0 Å². The molecule has 6 nitrogen and oxygen atoms in total. The van der Waals surface area contributed by atoms with Gasteiger partial charge >= 0.3 is 0 Å². The molecule has 0 amide bonds. The Morgan fingerprint density at radius 1 is 1.41 bits per heavy atom. The standard InChI is InChI=1S/C11H13N3O3/c1-8-6-9(14(16)17)7-12-11(8)13-4-2-10(15)3-5-13/h6-7H,2-5H2,1H3. The first-order chi connectivity index (χ1) is 8.08. The number of hydrogen-bond donors (Lipinski definition) is 0. The molecule has 0 aromatic carbocycles. The second kappa shape index (κ2) is 4.48. The molecular weight excluding hydrogens is 222 g/mol. The van der Waals surface area contributed by atoms with E-state index in [0.29, 0.717) is 25.9 Å². The van der Waals surface area contributed by atoms with E-state index < -0.39 is 4.92 Å². The van der Waals surface area contributed by atoms with Gasteiger partial charge in [0.15, 0.2) is 0 Å². The number of anilines is 1. The predicted octanol–water partition coefficient (Wildman–Crippen LogP) is 1.47. The molecule has 2 rings (SSSR count). The lowest BCUT2D eigenvalue weighted by Gasteiger charge is -2.28. The van der Waals surface area contributed by atoms with E-state index in [4.69, 9.17) is 0 Å². The summed E-state index contributed by atoms with van der Waals surface area (Å²) in [6.45, 7) is 3.08. The van der Waals surface area contributed by atoms with Crippen molar-refractivity contribution < 1.29 is 9.72 Å². The average Bonchev–Trinajstić information content (AvgIpc) is 2.30. The lowest BCUT2D eigenvalue weighted by Crippen LogP contribution is -2.34. The van der Waals surface area contributed by atoms with Gasteiger partial charge in [0.1, 0.15) is 17.8 Å². The molecule has 1 fully saturated rings. The molecule has 6 heteroatoms. The zero-order valence-electron chi connectivity index (χ0n) is 9.55. The molecule has 0 aliphatic carbocycles. The number of aryl methyl sites for hydroxylation is 1. The molecule has 1 aliphatic heterocycles. The van der Waals surface area contributed by atoms with Crippen LogP contribution in [-0.4, -0.2) is 28.8 Å². The number of carbonyl (C=O) groups is 1. The SMILES string of the molecule is Cc1cc([N+](=O)[O-])cnc1N1CCC(=O)CC1. The number of Topliss-reactive ketones (excluding diaryl/α,β-unsaturated/α-hetero) is 1. The Labute approximate surface area is 98.4 Å². The highest BCUT2D eigenvalue weighted by Gasteiger charge is 2.20. The number of rotatable bonds is 2. The van der Waals surface area contributed by atoms with Gasteiger partial charge in [-0.2, -0.15) is 0 Å². The van der Waals surface area contributed by atoms with Gasteiger partial charge in [0, 0.05) is 32.0 Å². The normalized spacial score (nSPS) is 16.1. The first kappa shape index (κ1) is 11.5. The minimum absolute atomic E-state index is 0.000615. The number of ketones is 1. The third-order valence-corrected chi connectivity index (χ3v) is 2.87. The van der Waals surface area contributed by atoms with Crippen molar-refractivity contribution in [1.82, 2.24) is 4.98 Å². The van der Waals surface area contributed by atoms with Crippen molar-refractivity contribution in [2.75, 3.05) is 18.0 Å². The first-order valence-corrected chi connectivity index (χ1v) is 5.45. The van der Waals surface area contributed by atoms with Crippen LogP contribution in [-0.2, 0) is 4.79 Å². The van der Waals surface area contributed by atoms with Crippen LogP contribution in [0.3, 0.4) is 0 Å². The molecule has 1 aliphatic rings. The third-order valence-electron chi connectivity index (χ3n) is 2.87. The number of hydrogen-bond acceptors (Lipinski definition) is 5. The summed E-state index contributed by atoms with van der Waals surface area (Å²) in [4.78, 5) is 27.4. The van der Waals surface area contributed by atoms with E-state index in [1.165, 1.54) is 12.3 Å². The number of piperidine rings is 1. The molecule has 0 bridgehead atoms. The zero-order valence-corrected chi connectivity index (χ0v) is 9.55. The Morgan fingerprint density at radius 2 is 2.06 bits per heavy atom. The van der Waals surface area contributed by atoms with Crippen molar-refractivity contribution in [3.05, 3.63) is 27.9 Å². The molecule has 0 radical (unpaired) electrons. The molecule has 0 saturated carbocycles. The van der Waals surface area contributed by atoms with E-state index in [2.05, 4.69) is 4.98 Å². The number of carbonyl (C=O) groups excluding carboxylic acids is 1. The van der Waals surface area contributed by atoms with Crippen molar-refractivity contribution in [2.24, 2.45) is 0 Å². The Morgan fingerprint density at radius 3 is 2.59 bits per heavy atom. The maximum Gasteiger partial charge on any atom is 0.287 e. The fourth-order valence-corrected chi connectivity index (χ4v) is 1.95. The molecule has 1 aromatic heterocycles. The van der Waals surface area contributed by atoms with E-state index in [0.717, 1.165) is 11.4 Å². The molecule has 1 saturated heterocycles. The molecule has 0 unspecified atom stereocenters. The number of nitrogens with zero attached hydrogens (tertiary/aromatic N) is 3. The minimum atomic E-state index is -0.455. The van der Waals surface area contributed by atoms with E-state index in [-0.39, 0.29) is 11.5 Å². The molecule has 0 N–H and O–H groups in total. The van der Waals surface area contributed by atoms with Crippen molar-refractivity contribution in [1.29, 1.82) is 0 Å². The van der Waals surface area contributed by atoms with Gasteiger partial charge in [0.05, 0.1) is 4.92 Å². The quantitative estimate of drug-likeness (QED) is 0.573. The molecule has 0 spiro atoms. The Kier molecular flexibility index (Phi) is 3.03. The van der Waals surface area contributed by atoms with Crippen LogP contribution in [0, 0.1) is 17.0 Å². The highest BCUT2D eigenvalue weighted by molar-refractivity contribution is 5.81. The summed E-state index contributed by atoms with van der Waals surface area (Å²) in [6, 6.07) is 1.51. The van der Waals surface area contributed by atoms with Crippen LogP contribution in [0.2, 0.25) is 0 Å². The lowest BCUT2D eigenvalue weighted by molar-refractivity contribution is -0.385. The maximum atomic E-state index is 11.1. The Bertz CT molecular complexity index is 463. The van der Waals surface area contributed by atoms with E-state index >= 15 is 0 Å². The highest BCUT2D eigenvalue weighted by atomic mass is 16.6. The van der Waals surface area contributed by atoms with Gasteiger partial charge in [-0.3, -0.25) is 14.9 Å². The van der Waals surface area contributed by atoms with Gasteiger partial charge < -0.3 is 4.90 Å². The largest absolute Gasteiger partial charge is 0.356 e. The monoisotopic (exact) mass is 235 g/mol. The van der Waals surface area contributed by atoms with Crippen LogP contribution in [0.4, 0.5) is 11.5 Å². The predicted molar refractivity (Wildman–Crippen MR) is 62.1 cm³/mol. The van der Waals surface area contributed by atoms with Crippen LogP contribution >= 0.6 is 0 Å². The highest BCUT2D eigenvalue weighted by Crippen LogP contribution is 2.23. The number of pyridine rings is 1. The Hall–Kier alpha value is -1.98. The van der Waals surface area contributed by atoms with Crippen LogP contribution in [0.15, 0.2) is 12.3 Å². The van der Waals surface area contributed by atoms with Crippen LogP contribution in [0.5, 0.6) is 0 Å². The fraction of sp³-hybridized carbons (Fsp3) is 0.455. The van der Waals surface area contributed by atoms with Gasteiger partial charge in [-0.05, 0) is 12.5 Å². The van der Waals surface area contributed by atoms with Gasteiger partial charge in [0.25, 0.3) is 5.69 Å². The number of aromatic nitrogens is 1. The molecule has 0 atom stereocenters. The minimum Gasteiger partial charge on any atom is -0.356 e. The maximum absolute atomic E-state index is 11.1. The summed E-state index contributed by atoms with van der Waals surface area (Å²) in [5, 5.41) is 10.6. The lowest BCUT2D eigenvalue weighted by atomic mass is 10.1. The molecule has 1 aromatic rings. The molecule has 17 heavy (non-hydrogen) atoms. The van der Waals surface area contributed by atoms with E-state index in [1.807, 2.05) is 4.90 Å². The first-order valence-electron chi connectivity index (χ1n) is 5.45. The third kappa shape index (κ3) is 2.41. The second-order valence-electron chi connectivity index (χ2n) is 4.12. The molecule has 90 valence electrons. The summed E-state index contributed by atoms with van der Waals surface area (Å²) in [6.07, 6.45) is 2.31. The van der Waals surface area contributed by atoms with Crippen molar-refractivity contribution in [3.63, 3.8) is 0 Å². The van der Waals surface area contributed by atoms with Crippen LogP contribution in [0.1, 0.15) is 18.4 Å². The zero-order chi connectivity index (χ0) is 12.4. The van der Waals surface area contributed by atoms with E-state index in [1.54, 1.807) is 6.92 Å². The molecule has 2 heterocycles. The topological polar surface area (TPSA) is 76.3 Å². The summed E-state index contributed by atoms with van der Waals surface area (Å²) < 4.78 is 0. The van der Waals surface area contributed by atoms with Gasteiger partial charge in [-0.25, -0.2) is 4.98 Å². The average molecular weight is 235 g/mol. The summed E-state index contributed by atoms with van der Waals surface area (Å²) in [7, 11) is 0. The van der Waals surface area contributed by atoms with Gasteiger partial charge in [0.2, 0.25) is 0 Å². The van der Waals surface area contributed by atoms with E-state index in [9.17, 15) is 14.9 Å². The molecular formula is C11H13N3O3. The smallest absolute Gasteiger partial charge is 0.287 e. The second-order valence-corrected chi connectivity index (χ2v) is 4.12. The summed E-state index contributed by atoms with van der Waals surface area (Å²) >= 11 is 0. The van der Waals surface area contributed by atoms with Crippen molar-refractivity contribution in [2.45, 2.75) is 19.8 Å². The van der Waals surface area contributed by atoms with Crippen LogP contribution < -0.4 is 4.90 Å². The fourth-order valence-electron chi connectivity index (χ4n) is 1.95. The number of nitro groups is 1. The summed E-state index contributed by atoms with van der Waals surface area (Å²) in [5.74, 6) is 1.00. The summed E-state index contributed by atoms with van der Waals surface area (Å²) in [5.41, 5.74) is 0.771. The van der Waals surface area contributed by atoms with Crippen molar-refractivity contribution in [3.8, 4) is 0 Å².